The molecular formula is C16H17ClN2O2S. The number of hydrogen-bond acceptors (Lipinski definition) is 4. The summed E-state index contributed by atoms with van der Waals surface area (Å²) in [5.74, 6) is -0.0545. The third-order valence-electron chi connectivity index (χ3n) is 3.63. The molecule has 2 aromatic heterocycles. The number of carbonyl (C=O) groups is 1. The van der Waals surface area contributed by atoms with Crippen LogP contribution >= 0.6 is 22.9 Å². The first kappa shape index (κ1) is 15.5. The van der Waals surface area contributed by atoms with Crippen molar-refractivity contribution in [2.75, 3.05) is 13.2 Å². The van der Waals surface area contributed by atoms with Gasteiger partial charge in [-0.3, -0.25) is 9.78 Å². The first-order valence-corrected chi connectivity index (χ1v) is 8.53. The van der Waals surface area contributed by atoms with Crippen molar-refractivity contribution in [3.8, 4) is 0 Å². The quantitative estimate of drug-likeness (QED) is 0.837. The molecule has 1 atom stereocenters. The van der Waals surface area contributed by atoms with E-state index in [9.17, 15) is 4.79 Å². The van der Waals surface area contributed by atoms with Gasteiger partial charge < -0.3 is 9.64 Å². The summed E-state index contributed by atoms with van der Waals surface area (Å²) in [5.41, 5.74) is 0.863. The van der Waals surface area contributed by atoms with E-state index in [0.29, 0.717) is 23.0 Å². The molecule has 1 amide bonds. The normalized spacial score (nSPS) is 17.6. The molecule has 2 aromatic rings. The summed E-state index contributed by atoms with van der Waals surface area (Å²) >= 11 is 7.48. The zero-order valence-corrected chi connectivity index (χ0v) is 13.6. The highest BCUT2D eigenvalue weighted by Gasteiger charge is 2.25. The molecule has 0 N–H and O–H groups in total. The highest BCUT2D eigenvalue weighted by molar-refractivity contribution is 7.12. The van der Waals surface area contributed by atoms with Crippen LogP contribution in [-0.4, -0.2) is 35.0 Å². The summed E-state index contributed by atoms with van der Waals surface area (Å²) in [6, 6.07) is 7.47. The Morgan fingerprint density at radius 1 is 1.45 bits per heavy atom. The minimum Gasteiger partial charge on any atom is -0.376 e. The molecule has 0 unspecified atom stereocenters. The second-order valence-electron chi connectivity index (χ2n) is 5.24. The maximum Gasteiger partial charge on any atom is 0.265 e. The Balaban J connectivity index is 1.78. The number of nitrogens with zero attached hydrogens (tertiary/aromatic N) is 2. The molecule has 3 rings (SSSR count). The van der Waals surface area contributed by atoms with Crippen molar-refractivity contribution in [2.45, 2.75) is 25.5 Å². The molecule has 3 heterocycles. The summed E-state index contributed by atoms with van der Waals surface area (Å²) < 4.78 is 5.68. The molecule has 4 nitrogen and oxygen atoms in total. The Morgan fingerprint density at radius 3 is 3.00 bits per heavy atom. The van der Waals surface area contributed by atoms with Gasteiger partial charge >= 0.3 is 0 Å². The topological polar surface area (TPSA) is 42.4 Å². The predicted molar refractivity (Wildman–Crippen MR) is 87.3 cm³/mol. The van der Waals surface area contributed by atoms with Crippen LogP contribution in [0.15, 0.2) is 35.8 Å². The van der Waals surface area contributed by atoms with Gasteiger partial charge in [0, 0.05) is 19.3 Å². The standard InChI is InChI=1S/C16H17ClN2O2S/c17-14-6-9-22-15(14)16(20)19(11-13-5-3-8-21-13)10-12-4-1-2-7-18-12/h1-2,4,6-7,9,13H,3,5,8,10-11H2/t13-/m1/s1. The van der Waals surface area contributed by atoms with E-state index in [1.807, 2.05) is 23.6 Å². The molecule has 0 aliphatic carbocycles. The molecule has 0 aromatic carbocycles. The van der Waals surface area contributed by atoms with Crippen molar-refractivity contribution in [3.05, 3.63) is 51.4 Å². The molecule has 0 radical (unpaired) electrons. The smallest absolute Gasteiger partial charge is 0.265 e. The first-order valence-electron chi connectivity index (χ1n) is 7.28. The Kier molecular flexibility index (Phi) is 5.08. The fraction of sp³-hybridized carbons (Fsp3) is 0.375. The monoisotopic (exact) mass is 336 g/mol. The zero-order valence-electron chi connectivity index (χ0n) is 12.1. The molecule has 1 aliphatic heterocycles. The van der Waals surface area contributed by atoms with Crippen LogP contribution in [0.25, 0.3) is 0 Å². The van der Waals surface area contributed by atoms with Gasteiger partial charge in [0.15, 0.2) is 0 Å². The van der Waals surface area contributed by atoms with Gasteiger partial charge in [0.2, 0.25) is 0 Å². The lowest BCUT2D eigenvalue weighted by atomic mass is 10.2. The molecule has 22 heavy (non-hydrogen) atoms. The molecule has 0 spiro atoms. The molecule has 6 heteroatoms. The van der Waals surface area contributed by atoms with Crippen molar-refractivity contribution < 1.29 is 9.53 Å². The number of hydrogen-bond donors (Lipinski definition) is 0. The van der Waals surface area contributed by atoms with Crippen molar-refractivity contribution in [2.24, 2.45) is 0 Å². The van der Waals surface area contributed by atoms with Crippen LogP contribution in [0, 0.1) is 0 Å². The number of amides is 1. The second kappa shape index (κ2) is 7.22. The van der Waals surface area contributed by atoms with E-state index >= 15 is 0 Å². The third kappa shape index (κ3) is 3.66. The molecule has 1 aliphatic rings. The molecule has 1 saturated heterocycles. The lowest BCUT2D eigenvalue weighted by Gasteiger charge is -2.25. The first-order chi connectivity index (χ1) is 10.7. The van der Waals surface area contributed by atoms with Gasteiger partial charge in [0.25, 0.3) is 5.91 Å². The predicted octanol–water partition coefficient (Wildman–Crippen LogP) is 3.62. The van der Waals surface area contributed by atoms with Gasteiger partial charge in [-0.2, -0.15) is 0 Å². The molecule has 116 valence electrons. The summed E-state index contributed by atoms with van der Waals surface area (Å²) in [4.78, 5) is 19.5. The Bertz CT molecular complexity index is 626. The Labute approximate surface area is 138 Å². The van der Waals surface area contributed by atoms with Gasteiger partial charge in [0.1, 0.15) is 4.88 Å². The number of halogens is 1. The molecule has 0 bridgehead atoms. The number of aromatic nitrogens is 1. The van der Waals surface area contributed by atoms with Crippen molar-refractivity contribution in [3.63, 3.8) is 0 Å². The lowest BCUT2D eigenvalue weighted by molar-refractivity contribution is 0.0508. The van der Waals surface area contributed by atoms with E-state index in [1.54, 1.807) is 17.2 Å². The fourth-order valence-electron chi connectivity index (χ4n) is 2.53. The van der Waals surface area contributed by atoms with Crippen LogP contribution in [0.3, 0.4) is 0 Å². The van der Waals surface area contributed by atoms with Gasteiger partial charge in [-0.15, -0.1) is 11.3 Å². The molecular weight excluding hydrogens is 320 g/mol. The van der Waals surface area contributed by atoms with Crippen LogP contribution in [0.2, 0.25) is 5.02 Å². The van der Waals surface area contributed by atoms with Gasteiger partial charge in [0.05, 0.1) is 23.4 Å². The summed E-state index contributed by atoms with van der Waals surface area (Å²) in [6.45, 7) is 1.81. The number of carbonyl (C=O) groups excluding carboxylic acids is 1. The van der Waals surface area contributed by atoms with Gasteiger partial charge in [-0.05, 0) is 36.4 Å². The highest BCUT2D eigenvalue weighted by Crippen LogP contribution is 2.25. The average molecular weight is 337 g/mol. The van der Waals surface area contributed by atoms with Crippen LogP contribution in [0.5, 0.6) is 0 Å². The van der Waals surface area contributed by atoms with Crippen molar-refractivity contribution >= 4 is 28.8 Å². The second-order valence-corrected chi connectivity index (χ2v) is 6.56. The van der Waals surface area contributed by atoms with E-state index in [4.69, 9.17) is 16.3 Å². The van der Waals surface area contributed by atoms with E-state index in [2.05, 4.69) is 4.98 Å². The zero-order chi connectivity index (χ0) is 15.4. The van der Waals surface area contributed by atoms with E-state index in [1.165, 1.54) is 11.3 Å². The minimum absolute atomic E-state index is 0.0545. The van der Waals surface area contributed by atoms with E-state index in [0.717, 1.165) is 25.1 Å². The highest BCUT2D eigenvalue weighted by atomic mass is 35.5. The van der Waals surface area contributed by atoms with Crippen molar-refractivity contribution in [1.29, 1.82) is 0 Å². The maximum atomic E-state index is 12.8. The Morgan fingerprint density at radius 2 is 2.36 bits per heavy atom. The number of pyridine rings is 1. The van der Waals surface area contributed by atoms with Gasteiger partial charge in [-0.1, -0.05) is 17.7 Å². The lowest BCUT2D eigenvalue weighted by Crippen LogP contribution is -2.36. The summed E-state index contributed by atoms with van der Waals surface area (Å²) in [6.07, 6.45) is 3.88. The average Bonchev–Trinajstić information content (AvgIpc) is 3.18. The third-order valence-corrected chi connectivity index (χ3v) is 4.96. The summed E-state index contributed by atoms with van der Waals surface area (Å²) in [5, 5.41) is 2.34. The number of thiophene rings is 1. The molecule has 0 saturated carbocycles. The van der Waals surface area contributed by atoms with E-state index in [-0.39, 0.29) is 12.0 Å². The van der Waals surface area contributed by atoms with Crippen LogP contribution < -0.4 is 0 Å². The maximum absolute atomic E-state index is 12.8. The molecule has 1 fully saturated rings. The van der Waals surface area contributed by atoms with Crippen molar-refractivity contribution in [1.82, 2.24) is 9.88 Å². The summed E-state index contributed by atoms with van der Waals surface area (Å²) in [7, 11) is 0. The largest absolute Gasteiger partial charge is 0.376 e. The van der Waals surface area contributed by atoms with Crippen LogP contribution in [0.1, 0.15) is 28.2 Å². The van der Waals surface area contributed by atoms with Gasteiger partial charge in [-0.25, -0.2) is 0 Å². The number of ether oxygens (including phenoxy) is 1. The Hall–Kier alpha value is -1.43. The minimum atomic E-state index is -0.0545. The van der Waals surface area contributed by atoms with Crippen LogP contribution in [-0.2, 0) is 11.3 Å². The fourth-order valence-corrected chi connectivity index (χ4v) is 3.63. The SMILES string of the molecule is O=C(c1sccc1Cl)N(Cc1ccccn1)C[C@H]1CCCO1. The van der Waals surface area contributed by atoms with E-state index < -0.39 is 0 Å². The number of rotatable bonds is 5. The van der Waals surface area contributed by atoms with Crippen LogP contribution in [0.4, 0.5) is 0 Å².